The second-order valence-corrected chi connectivity index (χ2v) is 3.69. The number of aromatic nitrogens is 1. The molecule has 0 unspecified atom stereocenters. The van der Waals surface area contributed by atoms with E-state index in [1.807, 2.05) is 0 Å². The van der Waals surface area contributed by atoms with Crippen LogP contribution in [-0.4, -0.2) is 23.1 Å². The lowest BCUT2D eigenvalue weighted by atomic mass is 10.2. The van der Waals surface area contributed by atoms with Gasteiger partial charge < -0.3 is 10.0 Å². The summed E-state index contributed by atoms with van der Waals surface area (Å²) in [6.45, 7) is 0. The van der Waals surface area contributed by atoms with Gasteiger partial charge in [0.1, 0.15) is 5.82 Å². The molecule has 1 heterocycles. The lowest BCUT2D eigenvalue weighted by molar-refractivity contribution is 0.0691. The standard InChI is InChI=1S/C13H11FN2O2/c1-16(10-6-3-2-5-9(10)14)11-7-4-8-15-12(11)13(17)18/h2-8H,1H3,(H,17,18). The van der Waals surface area contributed by atoms with Crippen molar-refractivity contribution < 1.29 is 14.3 Å². The predicted octanol–water partition coefficient (Wildman–Crippen LogP) is 2.69. The van der Waals surface area contributed by atoms with Gasteiger partial charge in [-0.25, -0.2) is 14.2 Å². The highest BCUT2D eigenvalue weighted by Gasteiger charge is 2.17. The van der Waals surface area contributed by atoms with Crippen LogP contribution in [0.1, 0.15) is 10.5 Å². The number of carbonyl (C=O) groups is 1. The van der Waals surface area contributed by atoms with Crippen LogP contribution in [-0.2, 0) is 0 Å². The van der Waals surface area contributed by atoms with Crippen molar-refractivity contribution in [2.24, 2.45) is 0 Å². The van der Waals surface area contributed by atoms with Gasteiger partial charge in [0.25, 0.3) is 0 Å². The van der Waals surface area contributed by atoms with Gasteiger partial charge in [-0.05, 0) is 24.3 Å². The summed E-state index contributed by atoms with van der Waals surface area (Å²) in [7, 11) is 1.60. The second kappa shape index (κ2) is 4.83. The van der Waals surface area contributed by atoms with Crippen LogP contribution >= 0.6 is 0 Å². The molecular formula is C13H11FN2O2. The highest BCUT2D eigenvalue weighted by Crippen LogP contribution is 2.27. The average molecular weight is 246 g/mol. The van der Waals surface area contributed by atoms with Crippen LogP contribution in [0.5, 0.6) is 0 Å². The maximum atomic E-state index is 13.6. The van der Waals surface area contributed by atoms with Gasteiger partial charge in [-0.1, -0.05) is 12.1 Å². The van der Waals surface area contributed by atoms with Crippen molar-refractivity contribution in [3.63, 3.8) is 0 Å². The summed E-state index contributed by atoms with van der Waals surface area (Å²) in [5.41, 5.74) is 0.534. The molecule has 2 rings (SSSR count). The third kappa shape index (κ3) is 2.15. The lowest BCUT2D eigenvalue weighted by Gasteiger charge is -2.21. The number of hydrogen-bond acceptors (Lipinski definition) is 3. The van der Waals surface area contributed by atoms with Gasteiger partial charge >= 0.3 is 5.97 Å². The van der Waals surface area contributed by atoms with Gasteiger partial charge in [-0.15, -0.1) is 0 Å². The van der Waals surface area contributed by atoms with Crippen LogP contribution < -0.4 is 4.90 Å². The Morgan fingerprint density at radius 3 is 2.56 bits per heavy atom. The van der Waals surface area contributed by atoms with Crippen molar-refractivity contribution in [1.82, 2.24) is 4.98 Å². The summed E-state index contributed by atoms with van der Waals surface area (Å²) >= 11 is 0. The van der Waals surface area contributed by atoms with Crippen LogP contribution in [0.2, 0.25) is 0 Å². The summed E-state index contributed by atoms with van der Waals surface area (Å²) in [5, 5.41) is 9.05. The molecule has 1 N–H and O–H groups in total. The second-order valence-electron chi connectivity index (χ2n) is 3.69. The summed E-state index contributed by atoms with van der Waals surface area (Å²) in [6.07, 6.45) is 1.39. The Balaban J connectivity index is 2.50. The smallest absolute Gasteiger partial charge is 0.356 e. The number of rotatable bonds is 3. The van der Waals surface area contributed by atoms with E-state index >= 15 is 0 Å². The molecule has 0 saturated carbocycles. The molecule has 0 atom stereocenters. The molecule has 0 radical (unpaired) electrons. The summed E-state index contributed by atoms with van der Waals surface area (Å²) in [6, 6.07) is 9.36. The number of carboxylic acid groups (broad SMARTS) is 1. The number of aromatic carboxylic acids is 1. The van der Waals surface area contributed by atoms with E-state index in [-0.39, 0.29) is 5.69 Å². The largest absolute Gasteiger partial charge is 0.476 e. The van der Waals surface area contributed by atoms with E-state index in [1.165, 1.54) is 17.2 Å². The van der Waals surface area contributed by atoms with E-state index < -0.39 is 11.8 Å². The molecule has 0 aliphatic heterocycles. The van der Waals surface area contributed by atoms with Crippen molar-refractivity contribution >= 4 is 17.3 Å². The molecule has 4 nitrogen and oxygen atoms in total. The fraction of sp³-hybridized carbons (Fsp3) is 0.0769. The molecule has 1 aromatic heterocycles. The molecule has 0 fully saturated rings. The molecular weight excluding hydrogens is 235 g/mol. The van der Waals surface area contributed by atoms with Gasteiger partial charge in [0.2, 0.25) is 0 Å². The fourth-order valence-corrected chi connectivity index (χ4v) is 1.69. The van der Waals surface area contributed by atoms with Crippen molar-refractivity contribution in [2.75, 3.05) is 11.9 Å². The third-order valence-electron chi connectivity index (χ3n) is 2.56. The SMILES string of the molecule is CN(c1ccccc1F)c1cccnc1C(=O)O. The zero-order valence-electron chi connectivity index (χ0n) is 9.67. The molecule has 0 aliphatic rings. The minimum absolute atomic E-state index is 0.108. The minimum atomic E-state index is -1.14. The van der Waals surface area contributed by atoms with Crippen molar-refractivity contribution in [3.05, 3.63) is 54.1 Å². The third-order valence-corrected chi connectivity index (χ3v) is 2.56. The van der Waals surface area contributed by atoms with Gasteiger partial charge in [0.15, 0.2) is 5.69 Å². The lowest BCUT2D eigenvalue weighted by Crippen LogP contribution is -2.16. The Kier molecular flexibility index (Phi) is 3.23. The summed E-state index contributed by atoms with van der Waals surface area (Å²) in [5.74, 6) is -1.56. The number of benzene rings is 1. The minimum Gasteiger partial charge on any atom is -0.476 e. The summed E-state index contributed by atoms with van der Waals surface area (Å²) in [4.78, 5) is 16.3. The molecule has 2 aromatic rings. The van der Waals surface area contributed by atoms with Gasteiger partial charge in [0.05, 0.1) is 11.4 Å². The van der Waals surface area contributed by atoms with Crippen molar-refractivity contribution in [3.8, 4) is 0 Å². The maximum absolute atomic E-state index is 13.6. The van der Waals surface area contributed by atoms with Gasteiger partial charge in [-0.2, -0.15) is 0 Å². The quantitative estimate of drug-likeness (QED) is 0.904. The first-order chi connectivity index (χ1) is 8.61. The highest BCUT2D eigenvalue weighted by molar-refractivity contribution is 5.93. The number of carboxylic acids is 1. The number of halogens is 1. The van der Waals surface area contributed by atoms with E-state index in [0.717, 1.165) is 0 Å². The fourth-order valence-electron chi connectivity index (χ4n) is 1.69. The van der Waals surface area contributed by atoms with Crippen molar-refractivity contribution in [2.45, 2.75) is 0 Å². The van der Waals surface area contributed by atoms with E-state index in [4.69, 9.17) is 5.11 Å². The highest BCUT2D eigenvalue weighted by atomic mass is 19.1. The summed E-state index contributed by atoms with van der Waals surface area (Å²) < 4.78 is 13.6. The van der Waals surface area contributed by atoms with Crippen LogP contribution in [0.4, 0.5) is 15.8 Å². The van der Waals surface area contributed by atoms with Crippen LogP contribution in [0.25, 0.3) is 0 Å². The molecule has 0 aliphatic carbocycles. The molecule has 0 bridgehead atoms. The number of nitrogens with zero attached hydrogens (tertiary/aromatic N) is 2. The van der Waals surface area contributed by atoms with E-state index in [0.29, 0.717) is 11.4 Å². The Hall–Kier alpha value is -2.43. The average Bonchev–Trinajstić information content (AvgIpc) is 2.38. The topological polar surface area (TPSA) is 53.4 Å². The van der Waals surface area contributed by atoms with E-state index in [2.05, 4.69) is 4.98 Å². The Labute approximate surface area is 103 Å². The van der Waals surface area contributed by atoms with Gasteiger partial charge in [0, 0.05) is 13.2 Å². The van der Waals surface area contributed by atoms with Crippen LogP contribution in [0, 0.1) is 5.82 Å². The number of hydrogen-bond donors (Lipinski definition) is 1. The van der Waals surface area contributed by atoms with Crippen LogP contribution in [0.15, 0.2) is 42.6 Å². The normalized spacial score (nSPS) is 10.1. The maximum Gasteiger partial charge on any atom is 0.356 e. The zero-order chi connectivity index (χ0) is 13.1. The first-order valence-electron chi connectivity index (χ1n) is 5.28. The molecule has 92 valence electrons. The molecule has 0 amide bonds. The monoisotopic (exact) mass is 246 g/mol. The number of para-hydroxylation sites is 1. The number of pyridine rings is 1. The van der Waals surface area contributed by atoms with E-state index in [1.54, 1.807) is 37.4 Å². The molecule has 1 aromatic carbocycles. The number of anilines is 2. The molecule has 5 heteroatoms. The van der Waals surface area contributed by atoms with Crippen LogP contribution in [0.3, 0.4) is 0 Å². The molecule has 0 saturated heterocycles. The van der Waals surface area contributed by atoms with Gasteiger partial charge in [-0.3, -0.25) is 0 Å². The first-order valence-corrected chi connectivity index (χ1v) is 5.28. The molecule has 18 heavy (non-hydrogen) atoms. The Bertz CT molecular complexity index is 587. The molecule has 0 spiro atoms. The Morgan fingerprint density at radius 1 is 1.22 bits per heavy atom. The van der Waals surface area contributed by atoms with Crippen molar-refractivity contribution in [1.29, 1.82) is 0 Å². The van der Waals surface area contributed by atoms with E-state index in [9.17, 15) is 9.18 Å². The Morgan fingerprint density at radius 2 is 1.89 bits per heavy atom. The predicted molar refractivity (Wildman–Crippen MR) is 65.7 cm³/mol. The first kappa shape index (κ1) is 12.0. The zero-order valence-corrected chi connectivity index (χ0v) is 9.67.